The van der Waals surface area contributed by atoms with Gasteiger partial charge in [0.15, 0.2) is 0 Å². The summed E-state index contributed by atoms with van der Waals surface area (Å²) in [5, 5.41) is 4.14. The zero-order valence-electron chi connectivity index (χ0n) is 17.5. The Kier molecular flexibility index (Phi) is 5.34. The lowest BCUT2D eigenvalue weighted by molar-refractivity contribution is 0.0569. The van der Waals surface area contributed by atoms with Crippen LogP contribution in [0.15, 0.2) is 64.3 Å². The molecule has 2 aliphatic rings. The van der Waals surface area contributed by atoms with E-state index in [-0.39, 0.29) is 10.8 Å². The summed E-state index contributed by atoms with van der Waals surface area (Å²) in [6.45, 7) is 4.37. The number of thiophene rings is 1. The molecule has 0 bridgehead atoms. The van der Waals surface area contributed by atoms with E-state index in [1.165, 1.54) is 0 Å². The van der Waals surface area contributed by atoms with Gasteiger partial charge in [-0.3, -0.25) is 9.88 Å². The zero-order valence-corrected chi connectivity index (χ0v) is 19.1. The summed E-state index contributed by atoms with van der Waals surface area (Å²) in [6.07, 6.45) is 1.45. The lowest BCUT2D eigenvalue weighted by Gasteiger charge is -2.26. The van der Waals surface area contributed by atoms with E-state index < -0.39 is 16.3 Å². The topological polar surface area (TPSA) is 62.7 Å². The van der Waals surface area contributed by atoms with E-state index in [4.69, 9.17) is 4.18 Å². The summed E-state index contributed by atoms with van der Waals surface area (Å²) >= 11 is 1.66. The minimum absolute atomic E-state index is 0.127. The van der Waals surface area contributed by atoms with E-state index in [0.717, 1.165) is 42.1 Å². The lowest BCUT2D eigenvalue weighted by Crippen LogP contribution is -2.37. The van der Waals surface area contributed by atoms with Crippen molar-refractivity contribution in [3.8, 4) is 11.3 Å². The Morgan fingerprint density at radius 3 is 2.55 bits per heavy atom. The predicted octanol–water partition coefficient (Wildman–Crippen LogP) is 3.85. The molecular weight excluding hydrogens is 430 g/mol. The summed E-state index contributed by atoms with van der Waals surface area (Å²) in [5.74, 6) is 0.488. The molecule has 0 saturated carbocycles. The van der Waals surface area contributed by atoms with Crippen molar-refractivity contribution in [1.82, 2.24) is 9.88 Å². The van der Waals surface area contributed by atoms with Crippen LogP contribution in [0.1, 0.15) is 5.56 Å². The van der Waals surface area contributed by atoms with Gasteiger partial charge in [-0.1, -0.05) is 17.7 Å². The molecule has 0 N–H and O–H groups in total. The largest absolute Gasteiger partial charge is 0.370 e. The van der Waals surface area contributed by atoms with Gasteiger partial charge in [0.25, 0.3) is 10.1 Å². The van der Waals surface area contributed by atoms with Crippen molar-refractivity contribution in [2.24, 2.45) is 11.8 Å². The maximum Gasteiger partial charge on any atom is 0.298 e. The monoisotopic (exact) mass is 455 g/mol. The van der Waals surface area contributed by atoms with Crippen LogP contribution in [0.2, 0.25) is 0 Å². The molecule has 2 fully saturated rings. The molecule has 0 spiro atoms. The number of hydrogen-bond acceptors (Lipinski definition) is 7. The number of anilines is 1. The number of fused-ring (bicyclic) bond motifs is 1. The Hall–Kier alpha value is -2.26. The molecule has 2 saturated heterocycles. The maximum absolute atomic E-state index is 12.9. The first-order valence-corrected chi connectivity index (χ1v) is 12.7. The minimum atomic E-state index is -3.82. The number of aryl methyl sites for hydroxylation is 1. The lowest BCUT2D eigenvalue weighted by atomic mass is 10.00. The summed E-state index contributed by atoms with van der Waals surface area (Å²) in [5.41, 5.74) is 4.18. The molecule has 0 aliphatic carbocycles. The predicted molar refractivity (Wildman–Crippen MR) is 123 cm³/mol. The molecule has 6 nitrogen and oxygen atoms in total. The van der Waals surface area contributed by atoms with Gasteiger partial charge in [0, 0.05) is 36.5 Å². The summed E-state index contributed by atoms with van der Waals surface area (Å²) in [6, 6.07) is 13.0. The number of nitrogens with zero attached hydrogens (tertiary/aromatic N) is 3. The van der Waals surface area contributed by atoms with Crippen LogP contribution in [0.4, 0.5) is 5.69 Å². The first kappa shape index (κ1) is 20.6. The molecule has 3 atom stereocenters. The number of hydrogen-bond donors (Lipinski definition) is 0. The second-order valence-corrected chi connectivity index (χ2v) is 10.8. The van der Waals surface area contributed by atoms with Crippen LogP contribution in [-0.2, 0) is 14.3 Å². The molecule has 31 heavy (non-hydrogen) atoms. The number of likely N-dealkylation sites (tertiary alicyclic amines) is 1. The van der Waals surface area contributed by atoms with E-state index in [1.807, 2.05) is 36.5 Å². The van der Waals surface area contributed by atoms with Gasteiger partial charge in [-0.15, -0.1) is 0 Å². The third-order valence-corrected chi connectivity index (χ3v) is 8.26. The van der Waals surface area contributed by atoms with Crippen LogP contribution < -0.4 is 4.90 Å². The second-order valence-electron chi connectivity index (χ2n) is 8.44. The molecule has 4 heterocycles. The molecule has 162 valence electrons. The number of benzene rings is 1. The van der Waals surface area contributed by atoms with Gasteiger partial charge in [-0.25, -0.2) is 4.18 Å². The molecule has 5 rings (SSSR count). The van der Waals surface area contributed by atoms with Gasteiger partial charge < -0.3 is 4.90 Å². The Morgan fingerprint density at radius 2 is 1.87 bits per heavy atom. The highest BCUT2D eigenvalue weighted by atomic mass is 32.2. The van der Waals surface area contributed by atoms with Crippen LogP contribution in [-0.4, -0.2) is 51.2 Å². The van der Waals surface area contributed by atoms with Crippen molar-refractivity contribution < 1.29 is 12.6 Å². The van der Waals surface area contributed by atoms with E-state index >= 15 is 0 Å². The van der Waals surface area contributed by atoms with E-state index in [2.05, 4.69) is 27.4 Å². The Balaban J connectivity index is 1.31. The Morgan fingerprint density at radius 1 is 1.06 bits per heavy atom. The van der Waals surface area contributed by atoms with Crippen LogP contribution in [0.3, 0.4) is 0 Å². The SMILES string of the molecule is Cc1ccc(S(=O)(=O)OC2C3CN(c4ccc(-c5ccsc5)nc4)CC3CN2C)cc1. The zero-order chi connectivity index (χ0) is 21.6. The number of pyridine rings is 1. The van der Waals surface area contributed by atoms with Crippen LogP contribution >= 0.6 is 11.3 Å². The van der Waals surface area contributed by atoms with Gasteiger partial charge in [0.1, 0.15) is 6.23 Å². The maximum atomic E-state index is 12.9. The third-order valence-electron chi connectivity index (χ3n) is 6.28. The highest BCUT2D eigenvalue weighted by Crippen LogP contribution is 2.39. The van der Waals surface area contributed by atoms with Gasteiger partial charge in [-0.2, -0.15) is 19.8 Å². The molecule has 1 aromatic carbocycles. The Bertz CT molecular complexity index is 1150. The van der Waals surface area contributed by atoms with Crippen molar-refractivity contribution >= 4 is 27.1 Å². The van der Waals surface area contributed by atoms with Crippen LogP contribution in [0.5, 0.6) is 0 Å². The summed E-state index contributed by atoms with van der Waals surface area (Å²) in [7, 11) is -1.88. The second kappa shape index (κ2) is 8.02. The number of aromatic nitrogens is 1. The van der Waals surface area contributed by atoms with Crippen LogP contribution in [0.25, 0.3) is 11.3 Å². The fourth-order valence-corrected chi connectivity index (χ4v) is 6.39. The molecule has 3 unspecified atom stereocenters. The van der Waals surface area contributed by atoms with Crippen molar-refractivity contribution in [3.05, 3.63) is 65.0 Å². The fourth-order valence-electron chi connectivity index (χ4n) is 4.61. The molecule has 2 aromatic heterocycles. The minimum Gasteiger partial charge on any atom is -0.370 e. The third kappa shape index (κ3) is 4.01. The first-order chi connectivity index (χ1) is 14.9. The smallest absolute Gasteiger partial charge is 0.298 e. The van der Waals surface area contributed by atoms with Crippen molar-refractivity contribution in [2.75, 3.05) is 31.6 Å². The highest BCUT2D eigenvalue weighted by molar-refractivity contribution is 7.86. The van der Waals surface area contributed by atoms with Gasteiger partial charge in [0.05, 0.1) is 22.5 Å². The van der Waals surface area contributed by atoms with Gasteiger partial charge in [-0.05, 0) is 55.6 Å². The number of rotatable bonds is 5. The van der Waals surface area contributed by atoms with Crippen molar-refractivity contribution in [1.29, 1.82) is 0 Å². The molecular formula is C23H25N3O3S2. The van der Waals surface area contributed by atoms with E-state index in [1.54, 1.807) is 35.6 Å². The molecule has 3 aromatic rings. The van der Waals surface area contributed by atoms with Crippen molar-refractivity contribution in [2.45, 2.75) is 18.0 Å². The highest BCUT2D eigenvalue weighted by Gasteiger charge is 2.48. The van der Waals surface area contributed by atoms with Gasteiger partial charge in [0.2, 0.25) is 0 Å². The summed E-state index contributed by atoms with van der Waals surface area (Å²) < 4.78 is 31.5. The molecule has 2 aliphatic heterocycles. The average Bonchev–Trinajstić information content (AvgIpc) is 3.48. The average molecular weight is 456 g/mol. The first-order valence-electron chi connectivity index (χ1n) is 10.3. The normalized spacial score (nSPS) is 23.9. The molecule has 8 heteroatoms. The van der Waals surface area contributed by atoms with Crippen LogP contribution in [0, 0.1) is 18.8 Å². The molecule has 0 radical (unpaired) electrons. The van der Waals surface area contributed by atoms with Gasteiger partial charge >= 0.3 is 0 Å². The fraction of sp³-hybridized carbons (Fsp3) is 0.348. The Labute approximate surface area is 187 Å². The molecule has 0 amide bonds. The quantitative estimate of drug-likeness (QED) is 0.545. The van der Waals surface area contributed by atoms with E-state index in [0.29, 0.717) is 5.92 Å². The van der Waals surface area contributed by atoms with Crippen molar-refractivity contribution in [3.63, 3.8) is 0 Å². The standard InChI is InChI=1S/C23H25N3O3S2/c1-16-3-6-20(7-4-16)31(27,28)29-23-21-14-26(13-18(21)12-25(23)2)19-5-8-22(24-11-19)17-9-10-30-15-17/h3-11,15,18,21,23H,12-14H2,1-2H3. The van der Waals surface area contributed by atoms with E-state index in [9.17, 15) is 8.42 Å². The summed E-state index contributed by atoms with van der Waals surface area (Å²) in [4.78, 5) is 9.15.